The summed E-state index contributed by atoms with van der Waals surface area (Å²) in [7, 11) is 0. The summed E-state index contributed by atoms with van der Waals surface area (Å²) in [6, 6.07) is 3.03. The normalized spacial score (nSPS) is 14.3. The number of nitrogens with one attached hydrogen (secondary N) is 2. The van der Waals surface area contributed by atoms with Gasteiger partial charge in [0.15, 0.2) is 6.61 Å². The van der Waals surface area contributed by atoms with Crippen molar-refractivity contribution in [3.8, 4) is 11.5 Å². The molecule has 2 aromatic rings. The van der Waals surface area contributed by atoms with Gasteiger partial charge in [0.05, 0.1) is 11.9 Å². The Morgan fingerprint density at radius 3 is 2.58 bits per heavy atom. The molecule has 166 valence electrons. The first-order valence-electron chi connectivity index (χ1n) is 9.73. The van der Waals surface area contributed by atoms with E-state index < -0.39 is 42.2 Å². The number of fused-ring (bicyclic) bond motifs is 3. The lowest BCUT2D eigenvalue weighted by Crippen LogP contribution is -2.40. The molecule has 2 amide bonds. The van der Waals surface area contributed by atoms with Crippen LogP contribution >= 0.6 is 0 Å². The molecule has 0 saturated carbocycles. The number of ether oxygens (including phenoxy) is 2. The molecule has 3 N–H and O–H groups in total. The summed E-state index contributed by atoms with van der Waals surface area (Å²) < 4.78 is 17.2. The van der Waals surface area contributed by atoms with Gasteiger partial charge in [-0.1, -0.05) is 0 Å². The van der Waals surface area contributed by atoms with Crippen LogP contribution in [0.25, 0.3) is 11.0 Å². The minimum atomic E-state index is -1.19. The number of carboxylic acid groups (broad SMARTS) is 1. The number of benzene rings is 1. The van der Waals surface area contributed by atoms with Crippen molar-refractivity contribution in [3.05, 3.63) is 33.7 Å². The van der Waals surface area contributed by atoms with Crippen LogP contribution in [0.15, 0.2) is 21.3 Å². The Labute approximate surface area is 177 Å². The third-order valence-corrected chi connectivity index (χ3v) is 4.84. The first-order valence-corrected chi connectivity index (χ1v) is 9.73. The van der Waals surface area contributed by atoms with Crippen molar-refractivity contribution < 1.29 is 33.4 Å². The zero-order chi connectivity index (χ0) is 22.8. The standard InChI is InChI=1S/C21H24N2O8/c1-11-6-18(28)30-20-12-4-5-21(2,3)31-13(12)7-14(19(11)20)29-10-16(25)22-8-15(24)23-9-17(26)27/h6-7H,4-5,8-10H2,1-3H3,(H,22,25)(H,23,24)(H,26,27). The van der Waals surface area contributed by atoms with Crippen LogP contribution in [0.2, 0.25) is 0 Å². The van der Waals surface area contributed by atoms with E-state index >= 15 is 0 Å². The third-order valence-electron chi connectivity index (χ3n) is 4.84. The number of aryl methyl sites for hydroxylation is 2. The van der Waals surface area contributed by atoms with Crippen LogP contribution in [0.4, 0.5) is 0 Å². The molecule has 10 nitrogen and oxygen atoms in total. The van der Waals surface area contributed by atoms with Gasteiger partial charge in [0.25, 0.3) is 5.91 Å². The lowest BCUT2D eigenvalue weighted by atomic mass is 9.92. The maximum absolute atomic E-state index is 12.1. The molecule has 3 rings (SSSR count). The quantitative estimate of drug-likeness (QED) is 0.548. The molecular weight excluding hydrogens is 408 g/mol. The molecule has 1 aliphatic heterocycles. The molecule has 0 bridgehead atoms. The number of carboxylic acids is 1. The number of hydrogen-bond acceptors (Lipinski definition) is 7. The van der Waals surface area contributed by atoms with E-state index in [1.165, 1.54) is 6.07 Å². The first-order chi connectivity index (χ1) is 14.6. The molecule has 1 aromatic heterocycles. The molecule has 10 heteroatoms. The lowest BCUT2D eigenvalue weighted by molar-refractivity contribution is -0.137. The summed E-state index contributed by atoms with van der Waals surface area (Å²) in [5.41, 5.74) is 0.910. The molecule has 1 aromatic carbocycles. The Kier molecular flexibility index (Phi) is 6.19. The Balaban J connectivity index is 1.79. The van der Waals surface area contributed by atoms with Gasteiger partial charge in [0.2, 0.25) is 5.91 Å². The summed E-state index contributed by atoms with van der Waals surface area (Å²) in [5.74, 6) is -1.55. The molecule has 1 aliphatic rings. The molecule has 0 aliphatic carbocycles. The number of aliphatic carboxylic acids is 1. The predicted molar refractivity (Wildman–Crippen MR) is 109 cm³/mol. The fourth-order valence-corrected chi connectivity index (χ4v) is 3.34. The van der Waals surface area contributed by atoms with Crippen LogP contribution in [0.3, 0.4) is 0 Å². The summed E-state index contributed by atoms with van der Waals surface area (Å²) in [6.07, 6.45) is 1.41. The van der Waals surface area contributed by atoms with Gasteiger partial charge in [-0.2, -0.15) is 0 Å². The van der Waals surface area contributed by atoms with E-state index in [4.69, 9.17) is 19.0 Å². The highest BCUT2D eigenvalue weighted by molar-refractivity contribution is 5.92. The molecule has 0 fully saturated rings. The number of rotatable bonds is 7. The minimum absolute atomic E-state index is 0.318. The number of carbonyl (C=O) groups excluding carboxylic acids is 2. The molecular formula is C21H24N2O8. The van der Waals surface area contributed by atoms with Gasteiger partial charge >= 0.3 is 11.6 Å². The second-order valence-corrected chi connectivity index (χ2v) is 7.90. The fraction of sp³-hybridized carbons (Fsp3) is 0.429. The molecule has 0 spiro atoms. The Morgan fingerprint density at radius 2 is 1.87 bits per heavy atom. The van der Waals surface area contributed by atoms with Crippen molar-refractivity contribution in [2.45, 2.75) is 39.2 Å². The van der Waals surface area contributed by atoms with Crippen LogP contribution in [0, 0.1) is 6.92 Å². The van der Waals surface area contributed by atoms with Crippen molar-refractivity contribution >= 4 is 28.8 Å². The van der Waals surface area contributed by atoms with Crippen LogP contribution in [-0.4, -0.2) is 48.2 Å². The zero-order valence-electron chi connectivity index (χ0n) is 17.5. The summed E-state index contributed by atoms with van der Waals surface area (Å²) >= 11 is 0. The average molecular weight is 432 g/mol. The van der Waals surface area contributed by atoms with Gasteiger partial charge in [-0.25, -0.2) is 4.79 Å². The van der Waals surface area contributed by atoms with Crippen molar-refractivity contribution in [2.24, 2.45) is 0 Å². The Bertz CT molecular complexity index is 1100. The molecule has 0 saturated heterocycles. The van der Waals surface area contributed by atoms with Crippen LogP contribution in [-0.2, 0) is 20.8 Å². The number of amides is 2. The summed E-state index contributed by atoms with van der Waals surface area (Å²) in [6.45, 7) is 4.34. The third kappa shape index (κ3) is 5.33. The first kappa shape index (κ1) is 22.1. The molecule has 2 heterocycles. The van der Waals surface area contributed by atoms with Crippen molar-refractivity contribution in [2.75, 3.05) is 19.7 Å². The fourth-order valence-electron chi connectivity index (χ4n) is 3.34. The number of hydrogen-bond donors (Lipinski definition) is 3. The Morgan fingerprint density at radius 1 is 1.16 bits per heavy atom. The lowest BCUT2D eigenvalue weighted by Gasteiger charge is -2.33. The van der Waals surface area contributed by atoms with Gasteiger partial charge < -0.3 is 29.6 Å². The van der Waals surface area contributed by atoms with E-state index in [2.05, 4.69) is 10.6 Å². The molecule has 31 heavy (non-hydrogen) atoms. The largest absolute Gasteiger partial charge is 0.487 e. The second kappa shape index (κ2) is 8.66. The second-order valence-electron chi connectivity index (χ2n) is 7.90. The monoisotopic (exact) mass is 432 g/mol. The highest BCUT2D eigenvalue weighted by Gasteiger charge is 2.30. The van der Waals surface area contributed by atoms with Crippen molar-refractivity contribution in [1.82, 2.24) is 10.6 Å². The van der Waals surface area contributed by atoms with Gasteiger partial charge in [0, 0.05) is 17.7 Å². The predicted octanol–water partition coefficient (Wildman–Crippen LogP) is 0.901. The van der Waals surface area contributed by atoms with Gasteiger partial charge in [-0.15, -0.1) is 0 Å². The summed E-state index contributed by atoms with van der Waals surface area (Å²) in [5, 5.41) is 13.6. The van der Waals surface area contributed by atoms with Crippen LogP contribution in [0.1, 0.15) is 31.4 Å². The average Bonchev–Trinajstić information content (AvgIpc) is 2.67. The van der Waals surface area contributed by atoms with Crippen molar-refractivity contribution in [1.29, 1.82) is 0 Å². The van der Waals surface area contributed by atoms with E-state index in [1.807, 2.05) is 13.8 Å². The molecule has 0 atom stereocenters. The smallest absolute Gasteiger partial charge is 0.336 e. The van der Waals surface area contributed by atoms with E-state index in [0.29, 0.717) is 34.5 Å². The van der Waals surface area contributed by atoms with E-state index in [9.17, 15) is 19.2 Å². The minimum Gasteiger partial charge on any atom is -0.487 e. The highest BCUT2D eigenvalue weighted by Crippen LogP contribution is 2.42. The zero-order valence-corrected chi connectivity index (χ0v) is 17.5. The Hall–Kier alpha value is -3.56. The van der Waals surface area contributed by atoms with Crippen molar-refractivity contribution in [3.63, 3.8) is 0 Å². The van der Waals surface area contributed by atoms with E-state index in [1.54, 1.807) is 13.0 Å². The van der Waals surface area contributed by atoms with Crippen LogP contribution in [0.5, 0.6) is 11.5 Å². The highest BCUT2D eigenvalue weighted by atomic mass is 16.5. The van der Waals surface area contributed by atoms with E-state index in [0.717, 1.165) is 12.0 Å². The van der Waals surface area contributed by atoms with Gasteiger partial charge in [-0.05, 0) is 39.2 Å². The van der Waals surface area contributed by atoms with Gasteiger partial charge in [-0.3, -0.25) is 14.4 Å². The maximum Gasteiger partial charge on any atom is 0.336 e. The van der Waals surface area contributed by atoms with E-state index in [-0.39, 0.29) is 6.54 Å². The summed E-state index contributed by atoms with van der Waals surface area (Å²) in [4.78, 5) is 46.0. The maximum atomic E-state index is 12.1. The SMILES string of the molecule is Cc1cc(=O)oc2c3c(cc(OCC(=O)NCC(=O)NCC(=O)O)c12)OC(C)(C)CC3. The van der Waals surface area contributed by atoms with Gasteiger partial charge in [0.1, 0.15) is 29.2 Å². The molecule has 0 unspecified atom stereocenters. The molecule has 0 radical (unpaired) electrons. The van der Waals surface area contributed by atoms with Crippen LogP contribution < -0.4 is 25.7 Å². The number of carbonyl (C=O) groups is 3. The topological polar surface area (TPSA) is 144 Å².